The maximum Gasteiger partial charge on any atom is 0.494 e. The highest BCUT2D eigenvalue weighted by Crippen LogP contribution is 2.37. The Hall–Kier alpha value is -4.14. The lowest BCUT2D eigenvalue weighted by Crippen LogP contribution is -2.41. The third-order valence-electron chi connectivity index (χ3n) is 9.30. The van der Waals surface area contributed by atoms with Crippen molar-refractivity contribution in [2.45, 2.75) is 43.8 Å². The number of nitrogen functional groups attached to an aromatic ring is 1. The Labute approximate surface area is 364 Å². The third-order valence-corrected chi connectivity index (χ3v) is 12.9. The minimum atomic E-state index is -0.320. The molecule has 0 amide bonds. The summed E-state index contributed by atoms with van der Waals surface area (Å²) < 4.78 is 16.8. The smallest absolute Gasteiger partial charge is 0.399 e. The SMILES string of the molecule is Brc1ccc(-c2nc3ccccc3s2)cc1.CC1(C)OB(c2ccc(-c3nc4ccccc4s3)cc2)OC1(C)C.Nc1ccccc1S.O=Cc1ccc(Br)cc1. The number of thiazole rings is 2. The molecule has 12 heteroatoms. The molecule has 6 aromatic carbocycles. The van der Waals surface area contributed by atoms with Crippen molar-refractivity contribution in [2.75, 3.05) is 5.73 Å². The van der Waals surface area contributed by atoms with Gasteiger partial charge in [-0.25, -0.2) is 9.97 Å². The topological polar surface area (TPSA) is 87.3 Å². The van der Waals surface area contributed by atoms with E-state index >= 15 is 0 Å². The van der Waals surface area contributed by atoms with Gasteiger partial charge in [-0.2, -0.15) is 0 Å². The van der Waals surface area contributed by atoms with Crippen molar-refractivity contribution in [3.05, 3.63) is 160 Å². The molecule has 0 radical (unpaired) electrons. The number of aromatic nitrogens is 2. The molecule has 0 spiro atoms. The van der Waals surface area contributed by atoms with Crippen molar-refractivity contribution in [3.8, 4) is 21.1 Å². The number of fused-ring (bicyclic) bond motifs is 2. The molecule has 0 atom stereocenters. The van der Waals surface area contributed by atoms with Gasteiger partial charge in [0.25, 0.3) is 0 Å². The maximum atomic E-state index is 10.1. The highest BCUT2D eigenvalue weighted by Gasteiger charge is 2.51. The number of rotatable bonds is 4. The molecule has 8 aromatic rings. The molecule has 1 saturated heterocycles. The van der Waals surface area contributed by atoms with Crippen LogP contribution in [0.1, 0.15) is 38.1 Å². The van der Waals surface area contributed by atoms with E-state index in [-0.39, 0.29) is 18.3 Å². The summed E-state index contributed by atoms with van der Waals surface area (Å²) in [5, 5.41) is 2.12. The fourth-order valence-corrected chi connectivity index (χ4v) is 8.01. The number of benzene rings is 6. The van der Waals surface area contributed by atoms with E-state index in [9.17, 15) is 4.79 Å². The quantitative estimate of drug-likeness (QED) is 0.0791. The average Bonchev–Trinajstić information content (AvgIpc) is 3.91. The van der Waals surface area contributed by atoms with Crippen LogP contribution in [0.4, 0.5) is 5.69 Å². The Balaban J connectivity index is 0.000000142. The predicted molar refractivity (Wildman–Crippen MR) is 251 cm³/mol. The molecular weight excluding hydrogens is 897 g/mol. The molecule has 1 aliphatic rings. The van der Waals surface area contributed by atoms with Gasteiger partial charge in [0.2, 0.25) is 0 Å². The highest BCUT2D eigenvalue weighted by atomic mass is 79.9. The van der Waals surface area contributed by atoms with Crippen LogP contribution < -0.4 is 11.2 Å². The summed E-state index contributed by atoms with van der Waals surface area (Å²) in [6, 6.07) is 47.7. The third kappa shape index (κ3) is 11.1. The minimum Gasteiger partial charge on any atom is -0.399 e. The van der Waals surface area contributed by atoms with Crippen LogP contribution in [0.3, 0.4) is 0 Å². The van der Waals surface area contributed by atoms with E-state index in [0.29, 0.717) is 5.56 Å². The summed E-state index contributed by atoms with van der Waals surface area (Å²) in [6.07, 6.45) is 0.826. The summed E-state index contributed by atoms with van der Waals surface area (Å²) in [4.78, 5) is 20.3. The summed E-state index contributed by atoms with van der Waals surface area (Å²) in [5.41, 5.74) is 11.7. The largest absolute Gasteiger partial charge is 0.494 e. The molecule has 6 nitrogen and oxygen atoms in total. The number of halogens is 2. The van der Waals surface area contributed by atoms with Crippen LogP contribution in [-0.4, -0.2) is 34.6 Å². The van der Waals surface area contributed by atoms with Crippen molar-refractivity contribution < 1.29 is 14.1 Å². The number of carbonyl (C=O) groups is 1. The lowest BCUT2D eigenvalue weighted by atomic mass is 9.79. The number of para-hydroxylation sites is 3. The molecule has 0 aliphatic carbocycles. The van der Waals surface area contributed by atoms with Crippen molar-refractivity contribution in [1.29, 1.82) is 0 Å². The first-order valence-electron chi connectivity index (χ1n) is 18.0. The van der Waals surface area contributed by atoms with Gasteiger partial charge >= 0.3 is 7.12 Å². The van der Waals surface area contributed by atoms with Crippen LogP contribution >= 0.6 is 67.2 Å². The van der Waals surface area contributed by atoms with Gasteiger partial charge in [0.05, 0.1) is 31.6 Å². The lowest BCUT2D eigenvalue weighted by Gasteiger charge is -2.32. The number of hydrogen-bond acceptors (Lipinski definition) is 9. The van der Waals surface area contributed by atoms with E-state index in [4.69, 9.17) is 20.0 Å². The number of nitrogens with two attached hydrogens (primary N) is 1. The first-order chi connectivity index (χ1) is 27.3. The van der Waals surface area contributed by atoms with Gasteiger partial charge < -0.3 is 15.0 Å². The molecule has 0 saturated carbocycles. The molecule has 1 aliphatic heterocycles. The minimum absolute atomic E-state index is 0.316. The average molecular weight is 938 g/mol. The zero-order valence-electron chi connectivity index (χ0n) is 31.7. The van der Waals surface area contributed by atoms with Crippen LogP contribution in [0, 0.1) is 0 Å². The van der Waals surface area contributed by atoms with Gasteiger partial charge in [-0.15, -0.1) is 35.3 Å². The maximum absolute atomic E-state index is 10.1. The van der Waals surface area contributed by atoms with E-state index in [1.165, 1.54) is 15.0 Å². The number of hydrogen-bond donors (Lipinski definition) is 2. The molecule has 2 N–H and O–H groups in total. The molecule has 0 bridgehead atoms. The fraction of sp³-hybridized carbons (Fsp3) is 0.133. The normalized spacial score (nSPS) is 13.8. The van der Waals surface area contributed by atoms with Crippen molar-refractivity contribution in [2.24, 2.45) is 0 Å². The summed E-state index contributed by atoms with van der Waals surface area (Å²) >= 11 is 14.2. The molecule has 3 heterocycles. The second-order valence-corrected chi connectivity index (χ2v) is 18.3. The van der Waals surface area contributed by atoms with E-state index < -0.39 is 0 Å². The number of anilines is 1. The first-order valence-corrected chi connectivity index (χ1v) is 21.7. The monoisotopic (exact) mass is 935 g/mol. The number of aldehydes is 1. The molecule has 2 aromatic heterocycles. The zero-order chi connectivity index (χ0) is 40.6. The van der Waals surface area contributed by atoms with Crippen LogP contribution in [0.25, 0.3) is 41.6 Å². The van der Waals surface area contributed by atoms with Gasteiger partial charge in [-0.1, -0.05) is 117 Å². The van der Waals surface area contributed by atoms with Gasteiger partial charge in [0, 0.05) is 36.2 Å². The molecule has 9 rings (SSSR count). The van der Waals surface area contributed by atoms with Gasteiger partial charge in [0.15, 0.2) is 0 Å². The number of nitrogens with zero attached hydrogens (tertiary/aromatic N) is 2. The van der Waals surface area contributed by atoms with E-state index in [1.807, 2.05) is 84.9 Å². The molecule has 57 heavy (non-hydrogen) atoms. The number of thiol groups is 1. The second kappa shape index (κ2) is 19.1. The van der Waals surface area contributed by atoms with Crippen molar-refractivity contribution in [1.82, 2.24) is 9.97 Å². The molecule has 288 valence electrons. The summed E-state index contributed by atoms with van der Waals surface area (Å²) in [7, 11) is -0.320. The van der Waals surface area contributed by atoms with E-state index in [2.05, 4.69) is 126 Å². The number of carbonyl (C=O) groups excluding carboxylic acids is 1. The highest BCUT2D eigenvalue weighted by molar-refractivity contribution is 9.10. The van der Waals surface area contributed by atoms with Crippen molar-refractivity contribution >= 4 is 112 Å². The molecule has 1 fully saturated rings. The second-order valence-electron chi connectivity index (χ2n) is 13.9. The van der Waals surface area contributed by atoms with Gasteiger partial charge in [-0.3, -0.25) is 4.79 Å². The van der Waals surface area contributed by atoms with Gasteiger partial charge in [-0.05, 0) is 93.8 Å². The Morgan fingerprint density at radius 3 is 1.46 bits per heavy atom. The van der Waals surface area contributed by atoms with E-state index in [0.717, 1.165) is 57.9 Å². The first kappa shape index (κ1) is 42.5. The van der Waals surface area contributed by atoms with Gasteiger partial charge in [0.1, 0.15) is 16.3 Å². The van der Waals surface area contributed by atoms with Crippen LogP contribution in [0.2, 0.25) is 0 Å². The fourth-order valence-electron chi connectivity index (χ4n) is 5.37. The summed E-state index contributed by atoms with van der Waals surface area (Å²) in [6.45, 7) is 8.29. The summed E-state index contributed by atoms with van der Waals surface area (Å²) in [5.74, 6) is 0. The Morgan fingerprint density at radius 1 is 0.614 bits per heavy atom. The Morgan fingerprint density at radius 2 is 1.04 bits per heavy atom. The van der Waals surface area contributed by atoms with E-state index in [1.54, 1.807) is 34.8 Å². The molecule has 0 unspecified atom stereocenters. The van der Waals surface area contributed by atoms with Crippen LogP contribution in [0.15, 0.2) is 159 Å². The lowest BCUT2D eigenvalue weighted by molar-refractivity contribution is 0.00578. The molecular formula is C45H40BBr2N3O3S3. The van der Waals surface area contributed by atoms with Crippen LogP contribution in [0.5, 0.6) is 0 Å². The predicted octanol–water partition coefficient (Wildman–Crippen LogP) is 12.8. The zero-order valence-corrected chi connectivity index (χ0v) is 37.4. The Kier molecular flexibility index (Phi) is 14.2. The standard InChI is InChI=1S/C19H20BNO2S.C13H8BrNS.C7H5BrO.C6H7NS/c1-18(2)19(3,4)23-20(22-18)14-11-9-13(10-12-14)17-21-15-7-5-6-8-16(15)24-17;14-10-7-5-9(6-8-10)13-15-11-3-1-2-4-12(11)16-13;8-7-3-1-6(5-9)2-4-7;7-5-3-1-2-4-6(5)8/h5-12H,1-4H3;1-8H;1-5H;1-4,8H,7H2. The van der Waals surface area contributed by atoms with Crippen molar-refractivity contribution in [3.63, 3.8) is 0 Å². The van der Waals surface area contributed by atoms with Crippen LogP contribution in [-0.2, 0) is 9.31 Å². The Bertz CT molecular complexity index is 2460.